The molecule has 1 heterocycles. The molecule has 200 valence electrons. The van der Waals surface area contributed by atoms with Crippen molar-refractivity contribution in [2.75, 3.05) is 13.1 Å². The molecule has 1 saturated carbocycles. The van der Waals surface area contributed by atoms with Gasteiger partial charge in [0, 0.05) is 29.6 Å². The van der Waals surface area contributed by atoms with E-state index >= 15 is 0 Å². The third-order valence-corrected chi connectivity index (χ3v) is 7.45. The van der Waals surface area contributed by atoms with Crippen molar-refractivity contribution in [1.29, 1.82) is 0 Å². The minimum atomic E-state index is -4.97. The summed E-state index contributed by atoms with van der Waals surface area (Å²) in [5.41, 5.74) is 1.55. The minimum absolute atomic E-state index is 0.134. The summed E-state index contributed by atoms with van der Waals surface area (Å²) in [6.45, 7) is 0.301. The standard InChI is InChI=1S/C28H28ClF3N4O2/c29-23-8-4-7-22(17-23)27(19-33-26(38)28(30,31)32)13-9-24(10-14-27)36(16-12-20-5-2-1-3-6-20)25(37)21-11-15-34-35-18-21/h1-8,11,15,17-18,24H,9-10,12-14,16,19H2,(H,33,38). The van der Waals surface area contributed by atoms with E-state index in [2.05, 4.69) is 15.5 Å². The number of rotatable bonds is 8. The lowest BCUT2D eigenvalue weighted by atomic mass is 9.67. The first-order chi connectivity index (χ1) is 18.2. The number of halogens is 4. The van der Waals surface area contributed by atoms with Crippen molar-refractivity contribution in [2.24, 2.45) is 0 Å². The van der Waals surface area contributed by atoms with E-state index in [4.69, 9.17) is 11.6 Å². The van der Waals surface area contributed by atoms with E-state index in [0.29, 0.717) is 49.2 Å². The maximum Gasteiger partial charge on any atom is 0.471 e. The summed E-state index contributed by atoms with van der Waals surface area (Å²) < 4.78 is 38.9. The highest BCUT2D eigenvalue weighted by Crippen LogP contribution is 2.41. The summed E-state index contributed by atoms with van der Waals surface area (Å²) in [4.78, 5) is 27.0. The Kier molecular flexibility index (Phi) is 8.66. The van der Waals surface area contributed by atoms with Gasteiger partial charge in [0.05, 0.1) is 18.0 Å². The van der Waals surface area contributed by atoms with Gasteiger partial charge in [0.25, 0.3) is 5.91 Å². The Bertz CT molecular complexity index is 1230. The second kappa shape index (κ2) is 11.9. The molecule has 0 unspecified atom stereocenters. The molecule has 0 radical (unpaired) electrons. The van der Waals surface area contributed by atoms with Crippen molar-refractivity contribution in [2.45, 2.75) is 49.7 Å². The fourth-order valence-corrected chi connectivity index (χ4v) is 5.32. The molecule has 0 aliphatic heterocycles. The van der Waals surface area contributed by atoms with Gasteiger partial charge >= 0.3 is 12.1 Å². The number of amides is 2. The van der Waals surface area contributed by atoms with Crippen molar-refractivity contribution in [1.82, 2.24) is 20.4 Å². The second-order valence-electron chi connectivity index (χ2n) is 9.57. The van der Waals surface area contributed by atoms with Crippen LogP contribution in [0.5, 0.6) is 0 Å². The van der Waals surface area contributed by atoms with Gasteiger partial charge in [0.2, 0.25) is 0 Å². The van der Waals surface area contributed by atoms with Crippen LogP contribution in [0.1, 0.15) is 47.2 Å². The van der Waals surface area contributed by atoms with E-state index in [9.17, 15) is 22.8 Å². The van der Waals surface area contributed by atoms with Crippen molar-refractivity contribution >= 4 is 23.4 Å². The molecule has 4 rings (SSSR count). The Labute approximate surface area is 224 Å². The largest absolute Gasteiger partial charge is 0.471 e. The fraction of sp³-hybridized carbons (Fsp3) is 0.357. The molecule has 2 amide bonds. The fourth-order valence-electron chi connectivity index (χ4n) is 5.13. The number of nitrogens with one attached hydrogen (secondary N) is 1. The molecule has 1 aliphatic carbocycles. The third kappa shape index (κ3) is 6.69. The van der Waals surface area contributed by atoms with Gasteiger partial charge < -0.3 is 10.2 Å². The summed E-state index contributed by atoms with van der Waals surface area (Å²) >= 11 is 6.22. The predicted molar refractivity (Wildman–Crippen MR) is 138 cm³/mol. The number of aromatic nitrogens is 2. The summed E-state index contributed by atoms with van der Waals surface area (Å²) in [6, 6.07) is 18.3. The van der Waals surface area contributed by atoms with Gasteiger partial charge in [-0.15, -0.1) is 0 Å². The van der Waals surface area contributed by atoms with E-state index in [-0.39, 0.29) is 18.5 Å². The second-order valence-corrected chi connectivity index (χ2v) is 10.0. The van der Waals surface area contributed by atoms with Crippen LogP contribution in [0.4, 0.5) is 13.2 Å². The lowest BCUT2D eigenvalue weighted by molar-refractivity contribution is -0.173. The number of hydrogen-bond acceptors (Lipinski definition) is 4. The Morgan fingerprint density at radius 3 is 2.39 bits per heavy atom. The van der Waals surface area contributed by atoms with E-state index in [0.717, 1.165) is 11.1 Å². The number of carbonyl (C=O) groups is 2. The van der Waals surface area contributed by atoms with E-state index in [1.54, 1.807) is 24.3 Å². The van der Waals surface area contributed by atoms with Gasteiger partial charge in [0.15, 0.2) is 0 Å². The van der Waals surface area contributed by atoms with Gasteiger partial charge in [-0.2, -0.15) is 23.4 Å². The van der Waals surface area contributed by atoms with Crippen LogP contribution in [0.3, 0.4) is 0 Å². The molecule has 0 bridgehead atoms. The topological polar surface area (TPSA) is 75.2 Å². The first kappa shape index (κ1) is 27.6. The third-order valence-electron chi connectivity index (χ3n) is 7.21. The summed E-state index contributed by atoms with van der Waals surface area (Å²) in [6.07, 6.45) is 0.635. The van der Waals surface area contributed by atoms with Crippen molar-refractivity contribution in [3.8, 4) is 0 Å². The Morgan fingerprint density at radius 2 is 1.76 bits per heavy atom. The zero-order valence-corrected chi connectivity index (χ0v) is 21.4. The molecule has 10 heteroatoms. The van der Waals surface area contributed by atoms with Crippen LogP contribution in [0.25, 0.3) is 0 Å². The van der Waals surface area contributed by atoms with Crippen molar-refractivity contribution < 1.29 is 22.8 Å². The molecule has 6 nitrogen and oxygen atoms in total. The van der Waals surface area contributed by atoms with Crippen LogP contribution in [0, 0.1) is 0 Å². The van der Waals surface area contributed by atoms with Gasteiger partial charge in [-0.1, -0.05) is 54.1 Å². The molecule has 1 N–H and O–H groups in total. The first-order valence-electron chi connectivity index (χ1n) is 12.4. The van der Waals surface area contributed by atoms with Crippen LogP contribution in [-0.4, -0.2) is 52.2 Å². The lowest BCUT2D eigenvalue weighted by Crippen LogP contribution is -2.50. The quantitative estimate of drug-likeness (QED) is 0.413. The van der Waals surface area contributed by atoms with Crippen LogP contribution < -0.4 is 5.32 Å². The highest BCUT2D eigenvalue weighted by atomic mass is 35.5. The molecular formula is C28H28ClF3N4O2. The lowest BCUT2D eigenvalue weighted by Gasteiger charge is -2.44. The Hall–Kier alpha value is -3.46. The summed E-state index contributed by atoms with van der Waals surface area (Å²) in [5, 5.41) is 10.2. The molecule has 38 heavy (non-hydrogen) atoms. The maximum atomic E-state index is 13.5. The monoisotopic (exact) mass is 544 g/mol. The molecular weight excluding hydrogens is 517 g/mol. The molecule has 0 atom stereocenters. The van der Waals surface area contributed by atoms with Crippen LogP contribution in [0.15, 0.2) is 73.1 Å². The number of hydrogen-bond donors (Lipinski definition) is 1. The average Bonchev–Trinajstić information content (AvgIpc) is 2.93. The number of alkyl halides is 3. The van der Waals surface area contributed by atoms with E-state index in [1.807, 2.05) is 41.3 Å². The first-order valence-corrected chi connectivity index (χ1v) is 12.8. The molecule has 1 fully saturated rings. The Balaban J connectivity index is 1.56. The molecule has 1 aliphatic rings. The number of benzene rings is 2. The van der Waals surface area contributed by atoms with E-state index < -0.39 is 17.5 Å². The summed E-state index contributed by atoms with van der Waals surface area (Å²) in [7, 11) is 0. The highest BCUT2D eigenvalue weighted by molar-refractivity contribution is 6.30. The van der Waals surface area contributed by atoms with Crippen molar-refractivity contribution in [3.63, 3.8) is 0 Å². The van der Waals surface area contributed by atoms with Crippen LogP contribution in [-0.2, 0) is 16.6 Å². The smallest absolute Gasteiger partial charge is 0.347 e. The van der Waals surface area contributed by atoms with Gasteiger partial charge in [-0.3, -0.25) is 9.59 Å². The number of carbonyl (C=O) groups excluding carboxylic acids is 2. The molecule has 0 saturated heterocycles. The van der Waals surface area contributed by atoms with Gasteiger partial charge in [-0.05, 0) is 61.4 Å². The number of nitrogens with zero attached hydrogens (tertiary/aromatic N) is 3. The minimum Gasteiger partial charge on any atom is -0.347 e. The molecule has 3 aromatic rings. The molecule has 1 aromatic heterocycles. The van der Waals surface area contributed by atoms with E-state index in [1.165, 1.54) is 12.4 Å². The van der Waals surface area contributed by atoms with Gasteiger partial charge in [0.1, 0.15) is 0 Å². The molecule has 2 aromatic carbocycles. The zero-order valence-electron chi connectivity index (χ0n) is 20.6. The highest BCUT2D eigenvalue weighted by Gasteiger charge is 2.43. The molecule has 0 spiro atoms. The van der Waals surface area contributed by atoms with Crippen molar-refractivity contribution in [3.05, 3.63) is 94.8 Å². The van der Waals surface area contributed by atoms with Crippen LogP contribution in [0.2, 0.25) is 5.02 Å². The zero-order chi connectivity index (χ0) is 27.2. The summed E-state index contributed by atoms with van der Waals surface area (Å²) in [5.74, 6) is -2.13. The Morgan fingerprint density at radius 1 is 1.03 bits per heavy atom. The average molecular weight is 545 g/mol. The van der Waals surface area contributed by atoms with Crippen LogP contribution >= 0.6 is 11.6 Å². The SMILES string of the molecule is O=C(c1ccnnc1)N(CCc1ccccc1)C1CCC(CNC(=O)C(F)(F)F)(c2cccc(Cl)c2)CC1. The van der Waals surface area contributed by atoms with Gasteiger partial charge in [-0.25, -0.2) is 0 Å². The predicted octanol–water partition coefficient (Wildman–Crippen LogP) is 5.37. The maximum absolute atomic E-state index is 13.5. The normalized spacial score (nSPS) is 19.5.